The van der Waals surface area contributed by atoms with E-state index in [2.05, 4.69) is 5.32 Å². The molecule has 0 radical (unpaired) electrons. The van der Waals surface area contributed by atoms with Gasteiger partial charge in [0, 0.05) is 0 Å². The van der Waals surface area contributed by atoms with E-state index in [0.29, 0.717) is 6.42 Å². The summed E-state index contributed by atoms with van der Waals surface area (Å²) < 4.78 is 4.77. The molecule has 2 N–H and O–H groups in total. The van der Waals surface area contributed by atoms with Gasteiger partial charge in [-0.3, -0.25) is 9.59 Å². The minimum atomic E-state index is -0.945. The standard InChI is InChI=1S/C20H19Cl2NO5/c1-11(24)13-10-12(7-9-17(13)25)6-8-16(20(27)28-2)23-19(26)18-14(21)4-3-5-15(18)22/h3-5,7,9-10,16,25H,6,8H2,1-2H3,(H,23,26)/t16-/m0/s1. The Kier molecular flexibility index (Phi) is 7.43. The molecular formula is C20H19Cl2NO5. The number of esters is 1. The number of carbonyl (C=O) groups excluding carboxylic acids is 3. The zero-order valence-electron chi connectivity index (χ0n) is 15.3. The molecule has 1 atom stereocenters. The summed E-state index contributed by atoms with van der Waals surface area (Å²) in [6.07, 6.45) is 0.569. The van der Waals surface area contributed by atoms with Gasteiger partial charge in [-0.2, -0.15) is 0 Å². The van der Waals surface area contributed by atoms with Gasteiger partial charge in [0.15, 0.2) is 5.78 Å². The van der Waals surface area contributed by atoms with Crippen molar-refractivity contribution < 1.29 is 24.2 Å². The number of amides is 1. The fourth-order valence-electron chi connectivity index (χ4n) is 2.67. The second-order valence-corrected chi connectivity index (χ2v) is 6.91. The number of hydrogen-bond donors (Lipinski definition) is 2. The maximum Gasteiger partial charge on any atom is 0.328 e. The van der Waals surface area contributed by atoms with Crippen LogP contribution < -0.4 is 5.32 Å². The first-order valence-electron chi connectivity index (χ1n) is 8.40. The molecule has 0 heterocycles. The van der Waals surface area contributed by atoms with E-state index in [-0.39, 0.29) is 39.1 Å². The number of aromatic hydroxyl groups is 1. The molecule has 2 aromatic rings. The van der Waals surface area contributed by atoms with Gasteiger partial charge in [0.05, 0.1) is 28.3 Å². The van der Waals surface area contributed by atoms with Crippen LogP contribution in [-0.2, 0) is 16.0 Å². The number of carbonyl (C=O) groups is 3. The molecule has 148 valence electrons. The third-order valence-electron chi connectivity index (χ3n) is 4.14. The van der Waals surface area contributed by atoms with E-state index in [1.54, 1.807) is 18.2 Å². The Morgan fingerprint density at radius 3 is 2.36 bits per heavy atom. The summed E-state index contributed by atoms with van der Waals surface area (Å²) >= 11 is 12.1. The fourth-order valence-corrected chi connectivity index (χ4v) is 3.24. The Bertz CT molecular complexity index is 893. The van der Waals surface area contributed by atoms with Gasteiger partial charge in [-0.15, -0.1) is 0 Å². The number of aryl methyl sites for hydroxylation is 1. The van der Waals surface area contributed by atoms with Crippen molar-refractivity contribution in [1.29, 1.82) is 0 Å². The molecule has 6 nitrogen and oxygen atoms in total. The van der Waals surface area contributed by atoms with Crippen LogP contribution in [0.25, 0.3) is 0 Å². The highest BCUT2D eigenvalue weighted by Gasteiger charge is 2.24. The van der Waals surface area contributed by atoms with Gasteiger partial charge in [0.1, 0.15) is 11.8 Å². The maximum absolute atomic E-state index is 12.6. The van der Waals surface area contributed by atoms with Crippen LogP contribution >= 0.6 is 23.2 Å². The molecule has 28 heavy (non-hydrogen) atoms. The highest BCUT2D eigenvalue weighted by molar-refractivity contribution is 6.39. The van der Waals surface area contributed by atoms with Crippen LogP contribution in [0.15, 0.2) is 36.4 Å². The van der Waals surface area contributed by atoms with Crippen LogP contribution in [0, 0.1) is 0 Å². The average Bonchev–Trinajstić information content (AvgIpc) is 2.65. The predicted octanol–water partition coefficient (Wildman–Crippen LogP) is 3.81. The second kappa shape index (κ2) is 9.57. The molecule has 8 heteroatoms. The molecule has 2 aromatic carbocycles. The van der Waals surface area contributed by atoms with Crippen molar-refractivity contribution in [3.05, 3.63) is 63.1 Å². The van der Waals surface area contributed by atoms with Crippen LogP contribution in [0.2, 0.25) is 10.0 Å². The molecular weight excluding hydrogens is 405 g/mol. The Balaban J connectivity index is 2.17. The summed E-state index contributed by atoms with van der Waals surface area (Å²) in [6.45, 7) is 1.35. The molecule has 0 unspecified atom stereocenters. The first kappa shape index (κ1) is 21.7. The number of ether oxygens (including phenoxy) is 1. The van der Waals surface area contributed by atoms with Crippen molar-refractivity contribution >= 4 is 40.9 Å². The third kappa shape index (κ3) is 5.24. The monoisotopic (exact) mass is 423 g/mol. The first-order chi connectivity index (χ1) is 13.2. The van der Waals surface area contributed by atoms with E-state index in [9.17, 15) is 19.5 Å². The van der Waals surface area contributed by atoms with E-state index >= 15 is 0 Å². The van der Waals surface area contributed by atoms with E-state index < -0.39 is 17.9 Å². The molecule has 0 aliphatic rings. The maximum atomic E-state index is 12.6. The minimum Gasteiger partial charge on any atom is -0.507 e. The van der Waals surface area contributed by atoms with Gasteiger partial charge < -0.3 is 15.2 Å². The molecule has 0 aromatic heterocycles. The molecule has 0 spiro atoms. The van der Waals surface area contributed by atoms with Crippen molar-refractivity contribution in [2.45, 2.75) is 25.8 Å². The summed E-state index contributed by atoms with van der Waals surface area (Å²) in [7, 11) is 1.22. The first-order valence-corrected chi connectivity index (χ1v) is 9.15. The van der Waals surface area contributed by atoms with Gasteiger partial charge in [-0.1, -0.05) is 35.3 Å². The molecule has 1 amide bonds. The van der Waals surface area contributed by atoms with Crippen molar-refractivity contribution in [1.82, 2.24) is 5.32 Å². The molecule has 0 fully saturated rings. The zero-order valence-corrected chi connectivity index (χ0v) is 16.8. The molecule has 0 bridgehead atoms. The number of ketones is 1. The van der Waals surface area contributed by atoms with Gasteiger partial charge in [-0.25, -0.2) is 4.79 Å². The predicted molar refractivity (Wildman–Crippen MR) is 106 cm³/mol. The van der Waals surface area contributed by atoms with Crippen LogP contribution in [0.3, 0.4) is 0 Å². The quantitative estimate of drug-likeness (QED) is 0.521. The van der Waals surface area contributed by atoms with Crippen molar-refractivity contribution in [2.75, 3.05) is 7.11 Å². The van der Waals surface area contributed by atoms with Crippen molar-refractivity contribution in [2.24, 2.45) is 0 Å². The zero-order chi connectivity index (χ0) is 20.8. The molecule has 2 rings (SSSR count). The Hall–Kier alpha value is -2.57. The largest absolute Gasteiger partial charge is 0.507 e. The highest BCUT2D eigenvalue weighted by Crippen LogP contribution is 2.24. The topological polar surface area (TPSA) is 92.7 Å². The van der Waals surface area contributed by atoms with E-state index in [1.165, 1.54) is 32.2 Å². The number of hydrogen-bond acceptors (Lipinski definition) is 5. The normalized spacial score (nSPS) is 11.6. The summed E-state index contributed by atoms with van der Waals surface area (Å²) in [4.78, 5) is 36.2. The van der Waals surface area contributed by atoms with Crippen LogP contribution in [-0.4, -0.2) is 35.9 Å². The Morgan fingerprint density at radius 1 is 1.14 bits per heavy atom. The van der Waals surface area contributed by atoms with Crippen LogP contribution in [0.5, 0.6) is 5.75 Å². The van der Waals surface area contributed by atoms with E-state index in [4.69, 9.17) is 27.9 Å². The number of halogens is 2. The number of rotatable bonds is 7. The fraction of sp³-hybridized carbons (Fsp3) is 0.250. The minimum absolute atomic E-state index is 0.0724. The number of Topliss-reactive ketones (excluding diaryl/α,β-unsaturated/α-hetero) is 1. The van der Waals surface area contributed by atoms with Gasteiger partial charge in [0.25, 0.3) is 5.91 Å². The van der Waals surface area contributed by atoms with Crippen molar-refractivity contribution in [3.63, 3.8) is 0 Å². The van der Waals surface area contributed by atoms with Crippen LogP contribution in [0.1, 0.15) is 39.6 Å². The SMILES string of the molecule is COC(=O)[C@H](CCc1ccc(O)c(C(C)=O)c1)NC(=O)c1c(Cl)cccc1Cl. The lowest BCUT2D eigenvalue weighted by Gasteiger charge is -2.17. The third-order valence-corrected chi connectivity index (χ3v) is 4.77. The summed E-state index contributed by atoms with van der Waals surface area (Å²) in [5, 5.41) is 12.6. The highest BCUT2D eigenvalue weighted by atomic mass is 35.5. The lowest BCUT2D eigenvalue weighted by atomic mass is 10.0. The Morgan fingerprint density at radius 2 is 1.79 bits per heavy atom. The van der Waals surface area contributed by atoms with E-state index in [0.717, 1.165) is 5.56 Å². The van der Waals surface area contributed by atoms with Gasteiger partial charge in [-0.05, 0) is 49.6 Å². The average molecular weight is 424 g/mol. The number of benzene rings is 2. The van der Waals surface area contributed by atoms with Gasteiger partial charge >= 0.3 is 5.97 Å². The molecule has 0 aliphatic carbocycles. The summed E-state index contributed by atoms with van der Waals surface area (Å²) in [6, 6.07) is 8.32. The molecule has 0 saturated carbocycles. The van der Waals surface area contributed by atoms with Crippen LogP contribution in [0.4, 0.5) is 0 Å². The van der Waals surface area contributed by atoms with Crippen molar-refractivity contribution in [3.8, 4) is 5.75 Å². The smallest absolute Gasteiger partial charge is 0.328 e. The number of methoxy groups -OCH3 is 1. The molecule has 0 saturated heterocycles. The number of nitrogens with one attached hydrogen (secondary N) is 1. The lowest BCUT2D eigenvalue weighted by molar-refractivity contribution is -0.143. The number of phenolic OH excluding ortho intramolecular Hbond substituents is 1. The van der Waals surface area contributed by atoms with E-state index in [1.807, 2.05) is 0 Å². The molecule has 0 aliphatic heterocycles. The Labute approximate surface area is 172 Å². The second-order valence-electron chi connectivity index (χ2n) is 6.09. The summed E-state index contributed by atoms with van der Waals surface area (Å²) in [5.41, 5.74) is 0.990. The van der Waals surface area contributed by atoms with Gasteiger partial charge in [0.2, 0.25) is 0 Å². The summed E-state index contributed by atoms with van der Waals surface area (Å²) in [5.74, 6) is -1.60. The number of phenols is 1. The lowest BCUT2D eigenvalue weighted by Crippen LogP contribution is -2.42.